The van der Waals surface area contributed by atoms with Crippen LogP contribution in [-0.4, -0.2) is 130 Å². The van der Waals surface area contributed by atoms with Crippen LogP contribution < -0.4 is 9.44 Å². The minimum absolute atomic E-state index is 0.0730. The first kappa shape index (κ1) is 39.5. The van der Waals surface area contributed by atoms with E-state index in [1.807, 2.05) is 13.8 Å². The third kappa shape index (κ3) is 12.8. The number of carbonyl (C=O) groups excluding carboxylic acids is 2. The van der Waals surface area contributed by atoms with Gasteiger partial charge in [0.1, 0.15) is 0 Å². The average Bonchev–Trinajstić information content (AvgIpc) is 3.04. The van der Waals surface area contributed by atoms with Crippen molar-refractivity contribution >= 4 is 31.9 Å². The Morgan fingerprint density at radius 2 is 0.812 bits per heavy atom. The van der Waals surface area contributed by atoms with E-state index in [9.17, 15) is 26.4 Å². The van der Waals surface area contributed by atoms with Gasteiger partial charge in [0.2, 0.25) is 31.9 Å². The van der Waals surface area contributed by atoms with Gasteiger partial charge in [-0.15, -0.1) is 0 Å². The summed E-state index contributed by atoms with van der Waals surface area (Å²) in [5.74, 6) is -0.833. The molecule has 1 saturated heterocycles. The summed E-state index contributed by atoms with van der Waals surface area (Å²) in [4.78, 5) is 29.6. The van der Waals surface area contributed by atoms with Crippen molar-refractivity contribution in [3.8, 4) is 0 Å². The number of nitrogens with one attached hydrogen (secondary N) is 2. The topological polar surface area (TPSA) is 170 Å². The summed E-state index contributed by atoms with van der Waals surface area (Å²) >= 11 is 0. The van der Waals surface area contributed by atoms with Crippen LogP contribution in [0.3, 0.4) is 0 Å². The van der Waals surface area contributed by atoms with Gasteiger partial charge in [0.05, 0.1) is 74.7 Å². The first-order valence-corrected chi connectivity index (χ1v) is 18.8. The molecule has 1 aliphatic heterocycles. The van der Waals surface area contributed by atoms with E-state index in [-0.39, 0.29) is 88.8 Å². The van der Waals surface area contributed by atoms with Crippen LogP contribution in [0.15, 0.2) is 58.3 Å². The lowest BCUT2D eigenvalue weighted by Crippen LogP contribution is -2.49. The molecule has 268 valence electrons. The number of benzene rings is 2. The summed E-state index contributed by atoms with van der Waals surface area (Å²) in [6.45, 7) is 9.11. The Bertz CT molecular complexity index is 1390. The lowest BCUT2D eigenvalue weighted by atomic mass is 10.2. The van der Waals surface area contributed by atoms with E-state index < -0.39 is 43.9 Å². The van der Waals surface area contributed by atoms with E-state index in [1.54, 1.807) is 24.3 Å². The Morgan fingerprint density at radius 3 is 1.08 bits per heavy atom. The number of ether oxygens (including phenoxy) is 4. The highest BCUT2D eigenvalue weighted by Gasteiger charge is 2.27. The maximum absolute atomic E-state index is 13.2. The molecule has 1 aliphatic rings. The summed E-state index contributed by atoms with van der Waals surface area (Å²) in [5, 5.41) is 0. The first-order chi connectivity index (χ1) is 22.8. The minimum atomic E-state index is -3.91. The largest absolute Gasteiger partial charge is 0.377 e. The van der Waals surface area contributed by atoms with Gasteiger partial charge >= 0.3 is 0 Å². The van der Waals surface area contributed by atoms with Gasteiger partial charge in [-0.2, -0.15) is 9.44 Å². The summed E-state index contributed by atoms with van der Waals surface area (Å²) in [7, 11) is -7.81. The molecular formula is C32H48N4O10S2. The quantitative estimate of drug-likeness (QED) is 0.404. The second kappa shape index (κ2) is 19.3. The second-order valence-electron chi connectivity index (χ2n) is 11.4. The maximum atomic E-state index is 13.2. The van der Waals surface area contributed by atoms with Crippen LogP contribution in [0, 0.1) is 13.8 Å². The number of carbonyl (C=O) groups is 2. The molecule has 0 aromatic heterocycles. The summed E-state index contributed by atoms with van der Waals surface area (Å²) in [6, 6.07) is 10.7. The maximum Gasteiger partial charge on any atom is 0.241 e. The van der Waals surface area contributed by atoms with E-state index in [0.29, 0.717) is 0 Å². The molecule has 16 heteroatoms. The molecule has 0 spiro atoms. The van der Waals surface area contributed by atoms with Gasteiger partial charge in [0.15, 0.2) is 0 Å². The van der Waals surface area contributed by atoms with Gasteiger partial charge in [-0.25, -0.2) is 16.8 Å². The van der Waals surface area contributed by atoms with Crippen molar-refractivity contribution in [2.45, 2.75) is 49.6 Å². The Kier molecular flexibility index (Phi) is 15.9. The van der Waals surface area contributed by atoms with E-state index in [4.69, 9.17) is 18.9 Å². The summed E-state index contributed by atoms with van der Waals surface area (Å²) in [5.41, 5.74) is 1.84. The van der Waals surface area contributed by atoms with Crippen molar-refractivity contribution < 1.29 is 45.4 Å². The Hall–Kier alpha value is -2.96. The van der Waals surface area contributed by atoms with Crippen molar-refractivity contribution in [1.82, 2.24) is 19.2 Å². The Balaban J connectivity index is 1.52. The fourth-order valence-corrected chi connectivity index (χ4v) is 7.09. The second-order valence-corrected chi connectivity index (χ2v) is 14.8. The molecule has 0 bridgehead atoms. The number of sulfonamides is 2. The average molecular weight is 713 g/mol. The zero-order valence-electron chi connectivity index (χ0n) is 28.1. The SMILES string of the molecule is Cc1ccc(S(=O)(=O)NC(C)C(=O)N2CCOCCOCCN(C(=O)C(C)NS(=O)(=O)c3ccc(C)cc3)CCOCCOCC2)cc1. The normalized spacial score (nSPS) is 18.3. The van der Waals surface area contributed by atoms with E-state index in [1.165, 1.54) is 47.9 Å². The van der Waals surface area contributed by atoms with Crippen LogP contribution in [-0.2, 0) is 48.6 Å². The first-order valence-electron chi connectivity index (χ1n) is 15.9. The molecule has 3 rings (SSSR count). The Morgan fingerprint density at radius 1 is 0.542 bits per heavy atom. The van der Waals surface area contributed by atoms with Gasteiger partial charge < -0.3 is 28.7 Å². The van der Waals surface area contributed by atoms with Crippen molar-refractivity contribution in [3.05, 3.63) is 59.7 Å². The van der Waals surface area contributed by atoms with Gasteiger partial charge in [-0.3, -0.25) is 9.59 Å². The van der Waals surface area contributed by atoms with Crippen LogP contribution in [0.5, 0.6) is 0 Å². The van der Waals surface area contributed by atoms with Crippen molar-refractivity contribution in [1.29, 1.82) is 0 Å². The molecule has 1 fully saturated rings. The molecule has 2 aromatic carbocycles. The van der Waals surface area contributed by atoms with Crippen LogP contribution in [0.1, 0.15) is 25.0 Å². The van der Waals surface area contributed by atoms with Crippen molar-refractivity contribution in [2.75, 3.05) is 79.0 Å². The summed E-state index contributed by atoms with van der Waals surface area (Å²) in [6.07, 6.45) is 0. The van der Waals surface area contributed by atoms with Crippen molar-refractivity contribution in [3.63, 3.8) is 0 Å². The number of hydrogen-bond acceptors (Lipinski definition) is 10. The fraction of sp³-hybridized carbons (Fsp3) is 0.562. The van der Waals surface area contributed by atoms with Crippen LogP contribution in [0.25, 0.3) is 0 Å². The predicted molar refractivity (Wildman–Crippen MR) is 178 cm³/mol. The van der Waals surface area contributed by atoms with Gasteiger partial charge in [-0.05, 0) is 52.0 Å². The molecule has 2 aromatic rings. The predicted octanol–water partition coefficient (Wildman–Crippen LogP) is 1.07. The van der Waals surface area contributed by atoms with Crippen molar-refractivity contribution in [2.24, 2.45) is 0 Å². The summed E-state index contributed by atoms with van der Waals surface area (Å²) < 4.78 is 78.9. The third-order valence-electron chi connectivity index (χ3n) is 7.46. The third-order valence-corrected chi connectivity index (χ3v) is 10.6. The van der Waals surface area contributed by atoms with Gasteiger partial charge in [-0.1, -0.05) is 35.4 Å². The molecule has 0 aliphatic carbocycles. The molecular weight excluding hydrogens is 665 g/mol. The number of nitrogens with zero attached hydrogens (tertiary/aromatic N) is 2. The lowest BCUT2D eigenvalue weighted by molar-refractivity contribution is -0.135. The van der Waals surface area contributed by atoms with Crippen LogP contribution in [0.4, 0.5) is 0 Å². The number of hydrogen-bond donors (Lipinski definition) is 2. The Labute approximate surface area is 284 Å². The number of rotatable bonds is 8. The zero-order valence-corrected chi connectivity index (χ0v) is 29.7. The molecule has 0 saturated carbocycles. The lowest BCUT2D eigenvalue weighted by Gasteiger charge is -2.27. The fourth-order valence-electron chi connectivity index (χ4n) is 4.69. The molecule has 48 heavy (non-hydrogen) atoms. The number of aryl methyl sites for hydroxylation is 2. The molecule has 2 N–H and O–H groups in total. The molecule has 2 amide bonds. The van der Waals surface area contributed by atoms with Crippen LogP contribution >= 0.6 is 0 Å². The van der Waals surface area contributed by atoms with E-state index in [2.05, 4.69) is 9.44 Å². The molecule has 2 unspecified atom stereocenters. The van der Waals surface area contributed by atoms with Gasteiger partial charge in [0.25, 0.3) is 0 Å². The molecule has 1 heterocycles. The zero-order chi connectivity index (χ0) is 35.2. The van der Waals surface area contributed by atoms with E-state index in [0.717, 1.165) is 11.1 Å². The monoisotopic (exact) mass is 712 g/mol. The molecule has 2 atom stereocenters. The minimum Gasteiger partial charge on any atom is -0.377 e. The highest BCUT2D eigenvalue weighted by atomic mass is 32.2. The highest BCUT2D eigenvalue weighted by Crippen LogP contribution is 2.13. The smallest absolute Gasteiger partial charge is 0.241 e. The highest BCUT2D eigenvalue weighted by molar-refractivity contribution is 7.89. The molecule has 14 nitrogen and oxygen atoms in total. The van der Waals surface area contributed by atoms with E-state index >= 15 is 0 Å². The standard InChI is InChI=1S/C32H48N4O10S2/c1-25-5-9-29(10-6-25)47(39,40)33-27(3)31(37)35-13-17-43-21-23-45-19-15-36(16-20-46-24-22-44-18-14-35)32(38)28(4)34-48(41,42)30-11-7-26(2)8-12-30/h5-12,27-28,33-34H,13-24H2,1-4H3. The van der Waals surface area contributed by atoms with Gasteiger partial charge in [0, 0.05) is 26.2 Å². The van der Waals surface area contributed by atoms with Crippen LogP contribution in [0.2, 0.25) is 0 Å². The molecule has 0 radical (unpaired) electrons. The number of amides is 2.